The lowest BCUT2D eigenvalue weighted by atomic mass is 9.98. The van der Waals surface area contributed by atoms with Crippen molar-refractivity contribution in [2.24, 2.45) is 0 Å². The van der Waals surface area contributed by atoms with E-state index in [1.165, 1.54) is 0 Å². The summed E-state index contributed by atoms with van der Waals surface area (Å²) in [6.45, 7) is 5.62. The van der Waals surface area contributed by atoms with Crippen LogP contribution in [-0.4, -0.2) is 25.7 Å². The highest BCUT2D eigenvalue weighted by Crippen LogP contribution is 2.23. The van der Waals surface area contributed by atoms with Gasteiger partial charge in [-0.15, -0.1) is 0 Å². The number of hydrogen-bond donors (Lipinski definition) is 2. The van der Waals surface area contributed by atoms with Gasteiger partial charge in [-0.2, -0.15) is 5.26 Å². The molecular weight excluding hydrogens is 278 g/mol. The summed E-state index contributed by atoms with van der Waals surface area (Å²) in [5, 5.41) is 9.44. The van der Waals surface area contributed by atoms with Crippen LogP contribution < -0.4 is 0 Å². The number of ketones is 1. The number of rotatable bonds is 3. The third-order valence-electron chi connectivity index (χ3n) is 3.70. The standard InChI is InChI=1S/C16H15N5O/c1-8-4-5-18-16-13(8)20-15(21-16)12(7-17)14(22)11-6-9(2)19-10(11)3/h4-6,12,19H,1-3H3,(H,18,20,21). The lowest BCUT2D eigenvalue weighted by molar-refractivity contribution is 0.0976. The number of nitrogens with zero attached hydrogens (tertiary/aromatic N) is 3. The van der Waals surface area contributed by atoms with Crippen LogP contribution >= 0.6 is 0 Å². The monoisotopic (exact) mass is 293 g/mol. The summed E-state index contributed by atoms with van der Waals surface area (Å²) < 4.78 is 0. The molecule has 0 aliphatic carbocycles. The minimum atomic E-state index is -0.970. The number of fused-ring (bicyclic) bond motifs is 1. The smallest absolute Gasteiger partial charge is 0.189 e. The van der Waals surface area contributed by atoms with E-state index >= 15 is 0 Å². The van der Waals surface area contributed by atoms with Crippen LogP contribution in [0.2, 0.25) is 0 Å². The highest BCUT2D eigenvalue weighted by molar-refractivity contribution is 6.03. The average molecular weight is 293 g/mol. The maximum atomic E-state index is 12.6. The van der Waals surface area contributed by atoms with Crippen LogP contribution in [0.15, 0.2) is 18.3 Å². The van der Waals surface area contributed by atoms with Crippen LogP contribution in [0.25, 0.3) is 11.2 Å². The summed E-state index contributed by atoms with van der Waals surface area (Å²) in [6.07, 6.45) is 1.66. The summed E-state index contributed by atoms with van der Waals surface area (Å²) in [5.74, 6) is -0.897. The van der Waals surface area contributed by atoms with E-state index in [9.17, 15) is 10.1 Å². The van der Waals surface area contributed by atoms with Crippen molar-refractivity contribution in [2.75, 3.05) is 0 Å². The number of pyridine rings is 1. The van der Waals surface area contributed by atoms with Crippen molar-refractivity contribution in [3.05, 3.63) is 46.7 Å². The average Bonchev–Trinajstić information content (AvgIpc) is 3.04. The lowest BCUT2D eigenvalue weighted by Crippen LogP contribution is -2.13. The molecular formula is C16H15N5O. The van der Waals surface area contributed by atoms with Gasteiger partial charge >= 0.3 is 0 Å². The number of carbonyl (C=O) groups is 1. The van der Waals surface area contributed by atoms with Gasteiger partial charge in [-0.25, -0.2) is 9.97 Å². The second kappa shape index (κ2) is 5.11. The highest BCUT2D eigenvalue weighted by atomic mass is 16.1. The summed E-state index contributed by atoms with van der Waals surface area (Å²) in [5.41, 5.74) is 4.42. The zero-order valence-corrected chi connectivity index (χ0v) is 12.6. The normalized spacial score (nSPS) is 12.3. The van der Waals surface area contributed by atoms with E-state index in [4.69, 9.17) is 0 Å². The number of imidazole rings is 1. The summed E-state index contributed by atoms with van der Waals surface area (Å²) in [4.78, 5) is 27.3. The maximum Gasteiger partial charge on any atom is 0.189 e. The first-order valence-corrected chi connectivity index (χ1v) is 6.92. The summed E-state index contributed by atoms with van der Waals surface area (Å²) in [6, 6.07) is 5.66. The first-order chi connectivity index (χ1) is 10.5. The van der Waals surface area contributed by atoms with Crippen molar-refractivity contribution in [2.45, 2.75) is 26.7 Å². The fraction of sp³-hybridized carbons (Fsp3) is 0.250. The maximum absolute atomic E-state index is 12.6. The minimum absolute atomic E-state index is 0.263. The first-order valence-electron chi connectivity index (χ1n) is 6.92. The third-order valence-corrected chi connectivity index (χ3v) is 3.70. The van der Waals surface area contributed by atoms with Gasteiger partial charge in [0.05, 0.1) is 11.6 Å². The third kappa shape index (κ3) is 2.17. The Bertz CT molecular complexity index is 912. The predicted octanol–water partition coefficient (Wildman–Crippen LogP) is 2.70. The van der Waals surface area contributed by atoms with E-state index in [1.54, 1.807) is 12.3 Å². The van der Waals surface area contributed by atoms with Gasteiger partial charge in [0.15, 0.2) is 17.3 Å². The Morgan fingerprint density at radius 2 is 2.09 bits per heavy atom. The van der Waals surface area contributed by atoms with E-state index < -0.39 is 5.92 Å². The van der Waals surface area contributed by atoms with Crippen LogP contribution in [0.1, 0.15) is 39.1 Å². The van der Waals surface area contributed by atoms with E-state index in [0.717, 1.165) is 22.5 Å². The number of H-pyrrole nitrogens is 2. The predicted molar refractivity (Wildman–Crippen MR) is 81.6 cm³/mol. The number of aromatic amines is 2. The fourth-order valence-electron chi connectivity index (χ4n) is 2.57. The highest BCUT2D eigenvalue weighted by Gasteiger charge is 2.27. The van der Waals surface area contributed by atoms with Gasteiger partial charge in [0.25, 0.3) is 0 Å². The summed E-state index contributed by atoms with van der Waals surface area (Å²) in [7, 11) is 0. The van der Waals surface area contributed by atoms with Crippen molar-refractivity contribution in [1.29, 1.82) is 5.26 Å². The zero-order valence-electron chi connectivity index (χ0n) is 12.6. The summed E-state index contributed by atoms with van der Waals surface area (Å²) >= 11 is 0. The Labute approximate surface area is 127 Å². The Morgan fingerprint density at radius 3 is 2.68 bits per heavy atom. The van der Waals surface area contributed by atoms with E-state index in [-0.39, 0.29) is 5.78 Å². The Balaban J connectivity index is 2.06. The van der Waals surface area contributed by atoms with Gasteiger partial charge < -0.3 is 9.97 Å². The first kappa shape index (κ1) is 14.0. The molecule has 3 heterocycles. The largest absolute Gasteiger partial charge is 0.362 e. The molecule has 0 saturated carbocycles. The van der Waals surface area contributed by atoms with Crippen LogP contribution in [0.3, 0.4) is 0 Å². The number of aromatic nitrogens is 4. The number of carbonyl (C=O) groups excluding carboxylic acids is 1. The molecule has 0 aliphatic heterocycles. The topological polar surface area (TPSA) is 98.2 Å². The molecule has 0 fully saturated rings. The molecule has 0 spiro atoms. The SMILES string of the molecule is Cc1cc(C(=O)C(C#N)c2nc3nccc(C)c3[nH]2)c(C)[nH]1. The molecule has 1 atom stereocenters. The molecule has 0 saturated heterocycles. The number of nitrogens with one attached hydrogen (secondary N) is 2. The number of nitriles is 1. The van der Waals surface area contributed by atoms with Crippen LogP contribution in [0.5, 0.6) is 0 Å². The van der Waals surface area contributed by atoms with Crippen molar-refractivity contribution < 1.29 is 4.79 Å². The number of Topliss-reactive ketones (excluding diaryl/α,β-unsaturated/α-hetero) is 1. The minimum Gasteiger partial charge on any atom is -0.362 e. The van der Waals surface area contributed by atoms with Crippen molar-refractivity contribution in [3.63, 3.8) is 0 Å². The second-order valence-electron chi connectivity index (χ2n) is 5.37. The van der Waals surface area contributed by atoms with E-state index in [0.29, 0.717) is 17.0 Å². The van der Waals surface area contributed by atoms with Gasteiger partial charge in [0.2, 0.25) is 0 Å². The molecule has 1 unspecified atom stereocenters. The Kier molecular flexibility index (Phi) is 3.26. The van der Waals surface area contributed by atoms with Crippen molar-refractivity contribution in [3.8, 4) is 6.07 Å². The molecule has 22 heavy (non-hydrogen) atoms. The quantitative estimate of drug-likeness (QED) is 0.725. The lowest BCUT2D eigenvalue weighted by Gasteiger charge is -2.04. The fourth-order valence-corrected chi connectivity index (χ4v) is 2.57. The molecule has 2 N–H and O–H groups in total. The Hall–Kier alpha value is -2.94. The van der Waals surface area contributed by atoms with Crippen molar-refractivity contribution in [1.82, 2.24) is 19.9 Å². The van der Waals surface area contributed by atoms with Gasteiger partial charge in [-0.3, -0.25) is 4.79 Å². The van der Waals surface area contributed by atoms with Crippen LogP contribution in [0, 0.1) is 32.1 Å². The molecule has 3 aromatic rings. The van der Waals surface area contributed by atoms with Crippen molar-refractivity contribution >= 4 is 16.9 Å². The Morgan fingerprint density at radius 1 is 1.32 bits per heavy atom. The van der Waals surface area contributed by atoms with Crippen LogP contribution in [-0.2, 0) is 0 Å². The van der Waals surface area contributed by atoms with Gasteiger partial charge in [-0.1, -0.05) is 0 Å². The second-order valence-corrected chi connectivity index (χ2v) is 5.37. The molecule has 0 aliphatic rings. The molecule has 6 heteroatoms. The van der Waals surface area contributed by atoms with Crippen LogP contribution in [0.4, 0.5) is 0 Å². The number of hydrogen-bond acceptors (Lipinski definition) is 4. The van der Waals surface area contributed by atoms with Gasteiger partial charge in [-0.05, 0) is 38.5 Å². The molecule has 110 valence electrons. The molecule has 0 amide bonds. The molecule has 3 rings (SSSR count). The van der Waals surface area contributed by atoms with Gasteiger partial charge in [0.1, 0.15) is 5.82 Å². The number of aryl methyl sites for hydroxylation is 3. The molecule has 6 nitrogen and oxygen atoms in total. The molecule has 0 radical (unpaired) electrons. The van der Waals surface area contributed by atoms with Gasteiger partial charge in [0, 0.05) is 23.1 Å². The molecule has 0 aromatic carbocycles. The van der Waals surface area contributed by atoms with E-state index in [2.05, 4.69) is 19.9 Å². The van der Waals surface area contributed by atoms with E-state index in [1.807, 2.05) is 32.9 Å². The molecule has 0 bridgehead atoms. The molecule has 3 aromatic heterocycles. The zero-order chi connectivity index (χ0) is 15.9.